The fourth-order valence-corrected chi connectivity index (χ4v) is 2.37. The van der Waals surface area contributed by atoms with Crippen LogP contribution in [0.3, 0.4) is 0 Å². The van der Waals surface area contributed by atoms with Crippen LogP contribution in [0.1, 0.15) is 36.5 Å². The quantitative estimate of drug-likeness (QED) is 0.780. The van der Waals surface area contributed by atoms with Gasteiger partial charge in [0.1, 0.15) is 11.3 Å². The summed E-state index contributed by atoms with van der Waals surface area (Å²) in [6.07, 6.45) is 3.30. The minimum Gasteiger partial charge on any atom is -0.493 e. The molecule has 2 rings (SSSR count). The summed E-state index contributed by atoms with van der Waals surface area (Å²) in [7, 11) is 0. The molecule has 1 unspecified atom stereocenters. The Morgan fingerprint density at radius 3 is 3.10 bits per heavy atom. The SMILES string of the molecule is CCOc1cccc(N)c1C(=O)NCCC1CCCO1. The van der Waals surface area contributed by atoms with Gasteiger partial charge in [0.05, 0.1) is 12.7 Å². The molecule has 1 saturated heterocycles. The molecule has 1 atom stereocenters. The van der Waals surface area contributed by atoms with Crippen LogP contribution >= 0.6 is 0 Å². The van der Waals surface area contributed by atoms with E-state index in [4.69, 9.17) is 15.2 Å². The van der Waals surface area contributed by atoms with Crippen LogP contribution < -0.4 is 15.8 Å². The number of benzene rings is 1. The zero-order chi connectivity index (χ0) is 14.4. The third-order valence-corrected chi connectivity index (χ3v) is 3.36. The predicted molar refractivity (Wildman–Crippen MR) is 77.9 cm³/mol. The van der Waals surface area contributed by atoms with Gasteiger partial charge >= 0.3 is 0 Å². The normalized spacial score (nSPS) is 17.9. The molecule has 1 fully saturated rings. The van der Waals surface area contributed by atoms with E-state index < -0.39 is 0 Å². The van der Waals surface area contributed by atoms with E-state index in [0.29, 0.717) is 30.2 Å². The molecular formula is C15H22N2O3. The molecule has 3 N–H and O–H groups in total. The number of nitrogen functional groups attached to an aromatic ring is 1. The average molecular weight is 278 g/mol. The maximum atomic E-state index is 12.2. The van der Waals surface area contributed by atoms with E-state index in [1.165, 1.54) is 0 Å². The van der Waals surface area contributed by atoms with Gasteiger partial charge in [0.25, 0.3) is 5.91 Å². The molecule has 20 heavy (non-hydrogen) atoms. The summed E-state index contributed by atoms with van der Waals surface area (Å²) < 4.78 is 11.0. The number of carbonyl (C=O) groups is 1. The molecule has 5 nitrogen and oxygen atoms in total. The standard InChI is InChI=1S/C15H22N2O3/c1-2-19-13-7-3-6-12(16)14(13)15(18)17-9-8-11-5-4-10-20-11/h3,6-7,11H,2,4-5,8-10,16H2,1H3,(H,17,18). The topological polar surface area (TPSA) is 73.6 Å². The molecule has 110 valence electrons. The third kappa shape index (κ3) is 3.63. The molecule has 1 aliphatic heterocycles. The number of ether oxygens (including phenoxy) is 2. The summed E-state index contributed by atoms with van der Waals surface area (Å²) >= 11 is 0. The zero-order valence-corrected chi connectivity index (χ0v) is 11.9. The number of hydrogen-bond acceptors (Lipinski definition) is 4. The first-order valence-corrected chi connectivity index (χ1v) is 7.13. The highest BCUT2D eigenvalue weighted by atomic mass is 16.5. The van der Waals surface area contributed by atoms with Crippen molar-refractivity contribution in [3.8, 4) is 5.75 Å². The van der Waals surface area contributed by atoms with Crippen molar-refractivity contribution in [2.24, 2.45) is 0 Å². The van der Waals surface area contributed by atoms with Crippen LogP contribution in [0.15, 0.2) is 18.2 Å². The van der Waals surface area contributed by atoms with E-state index in [0.717, 1.165) is 25.9 Å². The number of rotatable bonds is 6. The molecule has 1 amide bonds. The summed E-state index contributed by atoms with van der Waals surface area (Å²) in [5.41, 5.74) is 6.73. The van der Waals surface area contributed by atoms with Crippen LogP contribution in [-0.4, -0.2) is 31.8 Å². The molecule has 0 aliphatic carbocycles. The fourth-order valence-electron chi connectivity index (χ4n) is 2.37. The maximum absolute atomic E-state index is 12.2. The Morgan fingerprint density at radius 1 is 1.55 bits per heavy atom. The molecule has 0 aromatic heterocycles. The van der Waals surface area contributed by atoms with E-state index in [9.17, 15) is 4.79 Å². The van der Waals surface area contributed by atoms with E-state index in [-0.39, 0.29) is 12.0 Å². The summed E-state index contributed by atoms with van der Waals surface area (Å²) in [5.74, 6) is 0.340. The third-order valence-electron chi connectivity index (χ3n) is 3.36. The van der Waals surface area contributed by atoms with Crippen molar-refractivity contribution in [3.63, 3.8) is 0 Å². The molecule has 0 radical (unpaired) electrons. The molecule has 1 aromatic rings. The molecule has 1 heterocycles. The zero-order valence-electron chi connectivity index (χ0n) is 11.9. The lowest BCUT2D eigenvalue weighted by atomic mass is 10.1. The Labute approximate surface area is 119 Å². The van der Waals surface area contributed by atoms with Gasteiger partial charge in [0.2, 0.25) is 0 Å². The number of hydrogen-bond donors (Lipinski definition) is 2. The van der Waals surface area contributed by atoms with Crippen LogP contribution in [0, 0.1) is 0 Å². The van der Waals surface area contributed by atoms with Crippen LogP contribution in [0.25, 0.3) is 0 Å². The first-order chi connectivity index (χ1) is 9.72. The molecule has 0 spiro atoms. The number of amides is 1. The largest absolute Gasteiger partial charge is 0.493 e. The minimum absolute atomic E-state index is 0.190. The van der Waals surface area contributed by atoms with Crippen molar-refractivity contribution in [2.45, 2.75) is 32.3 Å². The van der Waals surface area contributed by atoms with E-state index >= 15 is 0 Å². The molecule has 5 heteroatoms. The van der Waals surface area contributed by atoms with Gasteiger partial charge in [-0.2, -0.15) is 0 Å². The van der Waals surface area contributed by atoms with Gasteiger partial charge in [-0.25, -0.2) is 0 Å². The van der Waals surface area contributed by atoms with Gasteiger partial charge in [-0.05, 0) is 38.3 Å². The van der Waals surface area contributed by atoms with Crippen molar-refractivity contribution in [2.75, 3.05) is 25.5 Å². The Morgan fingerprint density at radius 2 is 2.40 bits per heavy atom. The highest BCUT2D eigenvalue weighted by molar-refractivity contribution is 6.01. The molecule has 1 aromatic carbocycles. The molecule has 1 aliphatic rings. The summed E-state index contributed by atoms with van der Waals surface area (Å²) in [6, 6.07) is 5.25. The monoisotopic (exact) mass is 278 g/mol. The van der Waals surface area contributed by atoms with E-state index in [2.05, 4.69) is 5.32 Å². The van der Waals surface area contributed by atoms with Crippen molar-refractivity contribution in [1.82, 2.24) is 5.32 Å². The first-order valence-electron chi connectivity index (χ1n) is 7.13. The van der Waals surface area contributed by atoms with Crippen molar-refractivity contribution >= 4 is 11.6 Å². The average Bonchev–Trinajstić information content (AvgIpc) is 2.92. The predicted octanol–water partition coefficient (Wildman–Crippen LogP) is 1.97. The number of nitrogens with one attached hydrogen (secondary N) is 1. The Bertz CT molecular complexity index is 456. The fraction of sp³-hybridized carbons (Fsp3) is 0.533. The minimum atomic E-state index is -0.190. The Balaban J connectivity index is 1.93. The van der Waals surface area contributed by atoms with Gasteiger partial charge in [0.15, 0.2) is 0 Å². The highest BCUT2D eigenvalue weighted by Crippen LogP contribution is 2.24. The molecule has 0 saturated carbocycles. The maximum Gasteiger partial charge on any atom is 0.257 e. The van der Waals surface area contributed by atoms with Crippen molar-refractivity contribution in [1.29, 1.82) is 0 Å². The smallest absolute Gasteiger partial charge is 0.257 e. The van der Waals surface area contributed by atoms with Crippen LogP contribution in [0.5, 0.6) is 5.75 Å². The van der Waals surface area contributed by atoms with Crippen molar-refractivity contribution < 1.29 is 14.3 Å². The lowest BCUT2D eigenvalue weighted by Crippen LogP contribution is -2.28. The lowest BCUT2D eigenvalue weighted by molar-refractivity contribution is 0.0905. The van der Waals surface area contributed by atoms with Crippen LogP contribution in [0.4, 0.5) is 5.69 Å². The lowest BCUT2D eigenvalue weighted by Gasteiger charge is -2.14. The highest BCUT2D eigenvalue weighted by Gasteiger charge is 2.18. The second-order valence-corrected chi connectivity index (χ2v) is 4.83. The van der Waals surface area contributed by atoms with Gasteiger partial charge in [-0.3, -0.25) is 4.79 Å². The van der Waals surface area contributed by atoms with Gasteiger partial charge in [0, 0.05) is 18.8 Å². The second kappa shape index (κ2) is 7.14. The molecule has 0 bridgehead atoms. The Hall–Kier alpha value is -1.75. The number of anilines is 1. The summed E-state index contributed by atoms with van der Waals surface area (Å²) in [6.45, 7) is 3.80. The van der Waals surface area contributed by atoms with Gasteiger partial charge in [-0.15, -0.1) is 0 Å². The summed E-state index contributed by atoms with van der Waals surface area (Å²) in [4.78, 5) is 12.2. The summed E-state index contributed by atoms with van der Waals surface area (Å²) in [5, 5.41) is 2.89. The van der Waals surface area contributed by atoms with Crippen LogP contribution in [0.2, 0.25) is 0 Å². The van der Waals surface area contributed by atoms with E-state index in [1.807, 2.05) is 6.92 Å². The second-order valence-electron chi connectivity index (χ2n) is 4.83. The van der Waals surface area contributed by atoms with Crippen LogP contribution in [-0.2, 0) is 4.74 Å². The number of nitrogens with two attached hydrogens (primary N) is 1. The molecular weight excluding hydrogens is 256 g/mol. The van der Waals surface area contributed by atoms with Crippen molar-refractivity contribution in [3.05, 3.63) is 23.8 Å². The van der Waals surface area contributed by atoms with Gasteiger partial charge < -0.3 is 20.5 Å². The van der Waals surface area contributed by atoms with Gasteiger partial charge in [-0.1, -0.05) is 6.07 Å². The number of carbonyl (C=O) groups excluding carboxylic acids is 1. The first kappa shape index (κ1) is 14.7. The van der Waals surface area contributed by atoms with E-state index in [1.54, 1.807) is 18.2 Å². The Kier molecular flexibility index (Phi) is 5.24.